The average molecular weight is 182 g/mol. The van der Waals surface area contributed by atoms with Crippen LogP contribution in [0.15, 0.2) is 0 Å². The molecular formula is C11H22N2. The van der Waals surface area contributed by atoms with Crippen molar-refractivity contribution in [2.45, 2.75) is 44.6 Å². The number of nitrogens with zero attached hydrogens (tertiary/aromatic N) is 1. The fraction of sp³-hybridized carbons (Fsp3) is 1.00. The van der Waals surface area contributed by atoms with E-state index in [0.717, 1.165) is 18.5 Å². The van der Waals surface area contributed by atoms with Crippen molar-refractivity contribution in [2.75, 3.05) is 19.6 Å². The molecule has 0 aromatic heterocycles. The number of fused-ring (bicyclic) bond motifs is 1. The molecule has 2 heteroatoms. The molecule has 2 fully saturated rings. The van der Waals surface area contributed by atoms with E-state index < -0.39 is 0 Å². The van der Waals surface area contributed by atoms with E-state index >= 15 is 0 Å². The van der Waals surface area contributed by atoms with E-state index in [0.29, 0.717) is 0 Å². The highest BCUT2D eigenvalue weighted by Crippen LogP contribution is 2.32. The summed E-state index contributed by atoms with van der Waals surface area (Å²) in [7, 11) is 0. The van der Waals surface area contributed by atoms with Crippen molar-refractivity contribution in [3.63, 3.8) is 0 Å². The first kappa shape index (κ1) is 9.47. The van der Waals surface area contributed by atoms with Crippen LogP contribution in [0.2, 0.25) is 0 Å². The molecule has 2 atom stereocenters. The molecule has 2 saturated heterocycles. The summed E-state index contributed by atoms with van der Waals surface area (Å²) in [5.74, 6) is 0.920. The molecular weight excluding hydrogens is 160 g/mol. The lowest BCUT2D eigenvalue weighted by Crippen LogP contribution is -2.32. The molecule has 13 heavy (non-hydrogen) atoms. The Balaban J connectivity index is 1.93. The summed E-state index contributed by atoms with van der Waals surface area (Å²) in [5.41, 5.74) is 5.65. The molecule has 0 radical (unpaired) electrons. The SMILES string of the molecule is NCCC1CCN2CCCCCC12. The van der Waals surface area contributed by atoms with Gasteiger partial charge >= 0.3 is 0 Å². The first-order chi connectivity index (χ1) is 6.42. The van der Waals surface area contributed by atoms with Gasteiger partial charge in [-0.05, 0) is 51.2 Å². The van der Waals surface area contributed by atoms with E-state index in [1.54, 1.807) is 0 Å². The van der Waals surface area contributed by atoms with E-state index in [9.17, 15) is 0 Å². The van der Waals surface area contributed by atoms with Crippen molar-refractivity contribution in [3.05, 3.63) is 0 Å². The average Bonchev–Trinajstić information content (AvgIpc) is 2.38. The largest absolute Gasteiger partial charge is 0.330 e. The lowest BCUT2D eigenvalue weighted by atomic mass is 9.93. The number of hydrogen-bond acceptors (Lipinski definition) is 2. The molecule has 0 amide bonds. The minimum Gasteiger partial charge on any atom is -0.330 e. The maximum atomic E-state index is 5.65. The van der Waals surface area contributed by atoms with E-state index in [1.807, 2.05) is 0 Å². The van der Waals surface area contributed by atoms with Gasteiger partial charge in [0.2, 0.25) is 0 Å². The Labute approximate surface area is 81.5 Å². The van der Waals surface area contributed by atoms with Gasteiger partial charge in [-0.2, -0.15) is 0 Å². The first-order valence-electron chi connectivity index (χ1n) is 5.86. The van der Waals surface area contributed by atoms with E-state index in [-0.39, 0.29) is 0 Å². The second-order valence-corrected chi connectivity index (χ2v) is 4.58. The minimum absolute atomic E-state index is 0.884. The number of hydrogen-bond donors (Lipinski definition) is 1. The molecule has 76 valence electrons. The Morgan fingerprint density at radius 3 is 2.85 bits per heavy atom. The molecule has 0 saturated carbocycles. The first-order valence-corrected chi connectivity index (χ1v) is 5.86. The summed E-state index contributed by atoms with van der Waals surface area (Å²) in [6.45, 7) is 3.58. The topological polar surface area (TPSA) is 29.3 Å². The van der Waals surface area contributed by atoms with Crippen LogP contribution in [0.4, 0.5) is 0 Å². The summed E-state index contributed by atoms with van der Waals surface area (Å²) in [6.07, 6.45) is 8.41. The maximum absolute atomic E-state index is 5.65. The lowest BCUT2D eigenvalue weighted by molar-refractivity contribution is 0.226. The van der Waals surface area contributed by atoms with Crippen LogP contribution in [-0.4, -0.2) is 30.6 Å². The van der Waals surface area contributed by atoms with Crippen molar-refractivity contribution < 1.29 is 0 Å². The predicted octanol–water partition coefficient (Wildman–Crippen LogP) is 1.60. The van der Waals surface area contributed by atoms with Crippen molar-refractivity contribution >= 4 is 0 Å². The third-order valence-corrected chi connectivity index (χ3v) is 3.78. The lowest BCUT2D eigenvalue weighted by Gasteiger charge is -2.25. The molecule has 2 rings (SSSR count). The van der Waals surface area contributed by atoms with Gasteiger partial charge in [0.1, 0.15) is 0 Å². The summed E-state index contributed by atoms with van der Waals surface area (Å²) >= 11 is 0. The summed E-state index contributed by atoms with van der Waals surface area (Å²) in [6, 6.07) is 0.894. The molecule has 0 bridgehead atoms. The zero-order valence-corrected chi connectivity index (χ0v) is 8.54. The Hall–Kier alpha value is -0.0800. The van der Waals surface area contributed by atoms with E-state index in [1.165, 1.54) is 51.6 Å². The van der Waals surface area contributed by atoms with Gasteiger partial charge in [-0.3, -0.25) is 0 Å². The van der Waals surface area contributed by atoms with E-state index in [2.05, 4.69) is 4.90 Å². The van der Waals surface area contributed by atoms with Gasteiger partial charge in [0.25, 0.3) is 0 Å². The fourth-order valence-corrected chi connectivity index (χ4v) is 3.08. The van der Waals surface area contributed by atoms with Gasteiger partial charge in [-0.1, -0.05) is 12.8 Å². The molecule has 0 aromatic rings. The molecule has 2 unspecified atom stereocenters. The molecule has 2 N–H and O–H groups in total. The second-order valence-electron chi connectivity index (χ2n) is 4.58. The zero-order chi connectivity index (χ0) is 9.10. The predicted molar refractivity (Wildman–Crippen MR) is 55.6 cm³/mol. The third kappa shape index (κ3) is 2.05. The van der Waals surface area contributed by atoms with Gasteiger partial charge in [0, 0.05) is 6.04 Å². The normalized spacial score (nSPS) is 35.8. The molecule has 0 spiro atoms. The van der Waals surface area contributed by atoms with E-state index in [4.69, 9.17) is 5.73 Å². The Bertz CT molecular complexity index is 158. The second kappa shape index (κ2) is 4.43. The van der Waals surface area contributed by atoms with Gasteiger partial charge in [0.05, 0.1) is 0 Å². The zero-order valence-electron chi connectivity index (χ0n) is 8.54. The smallest absolute Gasteiger partial charge is 0.0124 e. The summed E-state index contributed by atoms with van der Waals surface area (Å²) in [4.78, 5) is 2.72. The van der Waals surface area contributed by atoms with Gasteiger partial charge in [-0.15, -0.1) is 0 Å². The molecule has 2 aliphatic heterocycles. The van der Waals surface area contributed by atoms with Crippen LogP contribution in [-0.2, 0) is 0 Å². The molecule has 2 heterocycles. The van der Waals surface area contributed by atoms with Crippen LogP contribution in [0.3, 0.4) is 0 Å². The van der Waals surface area contributed by atoms with Gasteiger partial charge in [-0.25, -0.2) is 0 Å². The Morgan fingerprint density at radius 1 is 1.08 bits per heavy atom. The van der Waals surface area contributed by atoms with Crippen LogP contribution in [0.1, 0.15) is 38.5 Å². The van der Waals surface area contributed by atoms with Crippen LogP contribution >= 0.6 is 0 Å². The van der Waals surface area contributed by atoms with Crippen molar-refractivity contribution in [3.8, 4) is 0 Å². The quantitative estimate of drug-likeness (QED) is 0.703. The van der Waals surface area contributed by atoms with Gasteiger partial charge < -0.3 is 10.6 Å². The molecule has 2 nitrogen and oxygen atoms in total. The van der Waals surface area contributed by atoms with Crippen LogP contribution in [0.5, 0.6) is 0 Å². The fourth-order valence-electron chi connectivity index (χ4n) is 3.08. The molecule has 2 aliphatic rings. The van der Waals surface area contributed by atoms with Crippen LogP contribution < -0.4 is 5.73 Å². The highest BCUT2D eigenvalue weighted by atomic mass is 15.2. The summed E-state index contributed by atoms with van der Waals surface area (Å²) in [5, 5.41) is 0. The number of rotatable bonds is 2. The van der Waals surface area contributed by atoms with Crippen LogP contribution in [0.25, 0.3) is 0 Å². The van der Waals surface area contributed by atoms with Crippen molar-refractivity contribution in [2.24, 2.45) is 11.7 Å². The maximum Gasteiger partial charge on any atom is 0.0124 e. The van der Waals surface area contributed by atoms with Crippen molar-refractivity contribution in [1.82, 2.24) is 4.90 Å². The number of nitrogens with two attached hydrogens (primary N) is 1. The standard InChI is InChI=1S/C11H22N2/c12-7-5-10-6-9-13-8-3-1-2-4-11(10)13/h10-11H,1-9,12H2. The highest BCUT2D eigenvalue weighted by molar-refractivity contribution is 4.88. The van der Waals surface area contributed by atoms with Crippen molar-refractivity contribution in [1.29, 1.82) is 0 Å². The minimum atomic E-state index is 0.884. The third-order valence-electron chi connectivity index (χ3n) is 3.78. The highest BCUT2D eigenvalue weighted by Gasteiger charge is 2.33. The summed E-state index contributed by atoms with van der Waals surface area (Å²) < 4.78 is 0. The Morgan fingerprint density at radius 2 is 2.00 bits per heavy atom. The molecule has 0 aromatic carbocycles. The van der Waals surface area contributed by atoms with Gasteiger partial charge in [0.15, 0.2) is 0 Å². The van der Waals surface area contributed by atoms with Crippen LogP contribution in [0, 0.1) is 5.92 Å². The molecule has 0 aliphatic carbocycles. The Kier molecular flexibility index (Phi) is 3.23. The monoisotopic (exact) mass is 182 g/mol.